The van der Waals surface area contributed by atoms with Crippen molar-refractivity contribution in [1.82, 2.24) is 10.2 Å². The third-order valence-electron chi connectivity index (χ3n) is 7.73. The Bertz CT molecular complexity index is 1510. The Morgan fingerprint density at radius 1 is 0.953 bits per heavy atom. The molecule has 1 saturated carbocycles. The number of hydrogen-bond donors (Lipinski definition) is 1. The largest absolute Gasteiger partial charge is 0.352 e. The zero-order chi connectivity index (χ0) is 31.1. The number of hydrogen-bond acceptors (Lipinski definition) is 4. The molecule has 1 aliphatic rings. The molecule has 43 heavy (non-hydrogen) atoms. The number of nitrogens with zero attached hydrogens (tertiary/aromatic N) is 2. The summed E-state index contributed by atoms with van der Waals surface area (Å²) in [6.45, 7) is 2.87. The minimum absolute atomic E-state index is 0.00813. The molecule has 0 bridgehead atoms. The SMILES string of the molecule is CC[C@@H](C(=O)NC1CCCCC1)N(Cc1c(Cl)cccc1Cl)C(=O)CN(c1ccc(F)cc1)S(=O)(=O)c1ccc(C)cc1. The fourth-order valence-electron chi connectivity index (χ4n) is 5.29. The maximum atomic E-state index is 14.2. The summed E-state index contributed by atoms with van der Waals surface area (Å²) in [6.07, 6.45) is 5.15. The first kappa shape index (κ1) is 32.8. The molecule has 7 nitrogen and oxygen atoms in total. The van der Waals surface area contributed by atoms with Crippen LogP contribution in [0.5, 0.6) is 0 Å². The van der Waals surface area contributed by atoms with Crippen LogP contribution in [0, 0.1) is 12.7 Å². The van der Waals surface area contributed by atoms with Crippen molar-refractivity contribution < 1.29 is 22.4 Å². The van der Waals surface area contributed by atoms with E-state index in [0.717, 1.165) is 54.1 Å². The first-order valence-electron chi connectivity index (χ1n) is 14.4. The highest BCUT2D eigenvalue weighted by Gasteiger charge is 2.35. The second-order valence-corrected chi connectivity index (χ2v) is 13.5. The van der Waals surface area contributed by atoms with E-state index in [9.17, 15) is 22.4 Å². The average Bonchev–Trinajstić information content (AvgIpc) is 2.98. The number of sulfonamides is 1. The molecule has 0 radical (unpaired) electrons. The van der Waals surface area contributed by atoms with Gasteiger partial charge in [-0.3, -0.25) is 13.9 Å². The van der Waals surface area contributed by atoms with Crippen molar-refractivity contribution in [2.45, 2.75) is 75.9 Å². The van der Waals surface area contributed by atoms with Crippen LogP contribution < -0.4 is 9.62 Å². The van der Waals surface area contributed by atoms with E-state index >= 15 is 0 Å². The van der Waals surface area contributed by atoms with Gasteiger partial charge in [0.1, 0.15) is 18.4 Å². The molecule has 0 unspecified atom stereocenters. The van der Waals surface area contributed by atoms with E-state index < -0.39 is 34.3 Å². The molecule has 0 aromatic heterocycles. The van der Waals surface area contributed by atoms with Gasteiger partial charge in [0.2, 0.25) is 11.8 Å². The first-order chi connectivity index (χ1) is 20.5. The van der Waals surface area contributed by atoms with Crippen LogP contribution in [0.4, 0.5) is 10.1 Å². The predicted molar refractivity (Wildman–Crippen MR) is 168 cm³/mol. The molecule has 0 heterocycles. The van der Waals surface area contributed by atoms with Crippen molar-refractivity contribution >= 4 is 50.7 Å². The molecule has 1 atom stereocenters. The molecule has 2 amide bonds. The Morgan fingerprint density at radius 3 is 2.14 bits per heavy atom. The third-order valence-corrected chi connectivity index (χ3v) is 10.2. The number of amides is 2. The van der Waals surface area contributed by atoms with Gasteiger partial charge in [-0.15, -0.1) is 0 Å². The molecule has 4 rings (SSSR count). The van der Waals surface area contributed by atoms with Crippen LogP contribution >= 0.6 is 23.2 Å². The maximum Gasteiger partial charge on any atom is 0.264 e. The van der Waals surface area contributed by atoms with Crippen LogP contribution in [0.25, 0.3) is 0 Å². The van der Waals surface area contributed by atoms with Crippen LogP contribution in [-0.4, -0.2) is 43.8 Å². The van der Waals surface area contributed by atoms with Crippen LogP contribution in [0.3, 0.4) is 0 Å². The van der Waals surface area contributed by atoms with Gasteiger partial charge in [0.25, 0.3) is 10.0 Å². The summed E-state index contributed by atoms with van der Waals surface area (Å²) >= 11 is 13.0. The van der Waals surface area contributed by atoms with Gasteiger partial charge < -0.3 is 10.2 Å². The van der Waals surface area contributed by atoms with E-state index in [0.29, 0.717) is 15.6 Å². The van der Waals surface area contributed by atoms with Crippen molar-refractivity contribution in [3.8, 4) is 0 Å². The summed E-state index contributed by atoms with van der Waals surface area (Å²) in [4.78, 5) is 29.2. The maximum absolute atomic E-state index is 14.2. The Hall–Kier alpha value is -3.14. The van der Waals surface area contributed by atoms with Gasteiger partial charge in [0.05, 0.1) is 10.6 Å². The van der Waals surface area contributed by atoms with Crippen molar-refractivity contribution in [3.05, 3.63) is 93.7 Å². The molecule has 3 aromatic rings. The molecule has 0 spiro atoms. The normalized spacial score (nSPS) is 14.6. The minimum Gasteiger partial charge on any atom is -0.352 e. The zero-order valence-electron chi connectivity index (χ0n) is 24.2. The molecule has 0 saturated heterocycles. The van der Waals surface area contributed by atoms with Crippen LogP contribution in [0.1, 0.15) is 56.6 Å². The minimum atomic E-state index is -4.27. The fourth-order valence-corrected chi connectivity index (χ4v) is 7.22. The van der Waals surface area contributed by atoms with Gasteiger partial charge in [0, 0.05) is 28.2 Å². The van der Waals surface area contributed by atoms with E-state index in [4.69, 9.17) is 23.2 Å². The average molecular weight is 649 g/mol. The molecule has 3 aromatic carbocycles. The standard InChI is InChI=1S/C32H36Cl2FN3O4S/c1-3-30(32(40)36-24-8-5-4-6-9-24)37(20-27-28(33)10-7-11-29(27)34)31(39)21-38(25-16-14-23(35)15-17-25)43(41,42)26-18-12-22(2)13-19-26/h7,10-19,24,30H,3-6,8-9,20-21H2,1-2H3,(H,36,40)/t30-/m0/s1. The topological polar surface area (TPSA) is 86.8 Å². The summed E-state index contributed by atoms with van der Waals surface area (Å²) in [7, 11) is -4.27. The zero-order valence-corrected chi connectivity index (χ0v) is 26.6. The summed E-state index contributed by atoms with van der Waals surface area (Å²) in [5.74, 6) is -1.51. The highest BCUT2D eigenvalue weighted by Crippen LogP contribution is 2.29. The lowest BCUT2D eigenvalue weighted by molar-refractivity contribution is -0.140. The van der Waals surface area contributed by atoms with Crippen LogP contribution in [-0.2, 0) is 26.2 Å². The lowest BCUT2D eigenvalue weighted by Crippen LogP contribution is -2.54. The predicted octanol–water partition coefficient (Wildman–Crippen LogP) is 6.89. The number of halogens is 3. The van der Waals surface area contributed by atoms with Gasteiger partial charge in [-0.05, 0) is 74.7 Å². The number of anilines is 1. The van der Waals surface area contributed by atoms with Crippen molar-refractivity contribution in [2.75, 3.05) is 10.8 Å². The number of carbonyl (C=O) groups excluding carboxylic acids is 2. The molecule has 1 aliphatic carbocycles. The summed E-state index contributed by atoms with van der Waals surface area (Å²) in [5.41, 5.74) is 1.41. The molecular formula is C32H36Cl2FN3O4S. The quantitative estimate of drug-likeness (QED) is 0.245. The summed E-state index contributed by atoms with van der Waals surface area (Å²) < 4.78 is 42.6. The Morgan fingerprint density at radius 2 is 1.56 bits per heavy atom. The van der Waals surface area contributed by atoms with E-state index in [-0.39, 0.29) is 35.5 Å². The molecule has 0 aliphatic heterocycles. The second kappa shape index (κ2) is 14.6. The van der Waals surface area contributed by atoms with Crippen LogP contribution in [0.2, 0.25) is 10.0 Å². The highest BCUT2D eigenvalue weighted by molar-refractivity contribution is 7.92. The summed E-state index contributed by atoms with van der Waals surface area (Å²) in [5, 5.41) is 3.73. The van der Waals surface area contributed by atoms with Crippen molar-refractivity contribution in [1.29, 1.82) is 0 Å². The van der Waals surface area contributed by atoms with E-state index in [1.54, 1.807) is 37.3 Å². The lowest BCUT2D eigenvalue weighted by Gasteiger charge is -2.34. The van der Waals surface area contributed by atoms with Gasteiger partial charge >= 0.3 is 0 Å². The lowest BCUT2D eigenvalue weighted by atomic mass is 9.95. The van der Waals surface area contributed by atoms with E-state index in [1.165, 1.54) is 29.2 Å². The Labute approximate surface area is 263 Å². The smallest absolute Gasteiger partial charge is 0.264 e. The van der Waals surface area contributed by atoms with Gasteiger partial charge in [0.15, 0.2) is 0 Å². The Balaban J connectivity index is 1.73. The Kier molecular flexibility index (Phi) is 11.1. The van der Waals surface area contributed by atoms with Gasteiger partial charge in [-0.2, -0.15) is 0 Å². The van der Waals surface area contributed by atoms with Crippen molar-refractivity contribution in [3.63, 3.8) is 0 Å². The second-order valence-electron chi connectivity index (χ2n) is 10.8. The summed E-state index contributed by atoms with van der Waals surface area (Å²) in [6, 6.07) is 15.1. The van der Waals surface area contributed by atoms with E-state index in [1.807, 2.05) is 6.92 Å². The van der Waals surface area contributed by atoms with Crippen molar-refractivity contribution in [2.24, 2.45) is 0 Å². The third kappa shape index (κ3) is 8.08. The monoisotopic (exact) mass is 647 g/mol. The number of carbonyl (C=O) groups is 2. The number of aryl methyl sites for hydroxylation is 1. The number of rotatable bonds is 11. The fraction of sp³-hybridized carbons (Fsp3) is 0.375. The van der Waals surface area contributed by atoms with Gasteiger partial charge in [-0.1, -0.05) is 73.2 Å². The highest BCUT2D eigenvalue weighted by atomic mass is 35.5. The van der Waals surface area contributed by atoms with Gasteiger partial charge in [-0.25, -0.2) is 12.8 Å². The molecule has 230 valence electrons. The molecule has 1 fully saturated rings. The number of nitrogens with one attached hydrogen (secondary N) is 1. The molecular weight excluding hydrogens is 612 g/mol. The first-order valence-corrected chi connectivity index (χ1v) is 16.6. The van der Waals surface area contributed by atoms with Crippen LogP contribution in [0.15, 0.2) is 71.6 Å². The molecule has 1 N–H and O–H groups in total. The number of benzene rings is 3. The van der Waals surface area contributed by atoms with E-state index in [2.05, 4.69) is 5.32 Å². The molecule has 11 heteroatoms.